The number of fused-ring (bicyclic) bond motifs is 1. The fourth-order valence-corrected chi connectivity index (χ4v) is 2.36. The molecule has 0 bridgehead atoms. The van der Waals surface area contributed by atoms with Crippen LogP contribution in [0.5, 0.6) is 0 Å². The van der Waals surface area contributed by atoms with Gasteiger partial charge in [0.25, 0.3) is 0 Å². The van der Waals surface area contributed by atoms with Crippen LogP contribution in [-0.2, 0) is 19.4 Å². The van der Waals surface area contributed by atoms with E-state index < -0.39 is 0 Å². The van der Waals surface area contributed by atoms with Crippen molar-refractivity contribution in [2.75, 3.05) is 0 Å². The minimum atomic E-state index is 0.610. The van der Waals surface area contributed by atoms with Crippen LogP contribution >= 0.6 is 0 Å². The Labute approximate surface area is 117 Å². The third-order valence-corrected chi connectivity index (χ3v) is 3.32. The van der Waals surface area contributed by atoms with Gasteiger partial charge in [-0.05, 0) is 18.6 Å². The molecule has 0 atom stereocenters. The molecular formula is C15H18N4O. The number of nitrogens with zero attached hydrogens (tertiary/aromatic N) is 4. The Bertz CT molecular complexity index is 714. The molecule has 1 aromatic carbocycles. The second-order valence-electron chi connectivity index (χ2n) is 4.81. The maximum absolute atomic E-state index is 5.18. The topological polar surface area (TPSA) is 56.7 Å². The summed E-state index contributed by atoms with van der Waals surface area (Å²) in [6, 6.07) is 8.17. The van der Waals surface area contributed by atoms with Crippen molar-refractivity contribution in [2.24, 2.45) is 0 Å². The van der Waals surface area contributed by atoms with Crippen molar-refractivity contribution in [3.05, 3.63) is 41.8 Å². The molecule has 0 fully saturated rings. The van der Waals surface area contributed by atoms with Gasteiger partial charge in [-0.3, -0.25) is 0 Å². The van der Waals surface area contributed by atoms with Gasteiger partial charge in [-0.25, -0.2) is 4.98 Å². The molecule has 0 N–H and O–H groups in total. The minimum absolute atomic E-state index is 0.610. The number of imidazole rings is 1. The van der Waals surface area contributed by atoms with Crippen LogP contribution in [0.1, 0.15) is 37.8 Å². The Kier molecular flexibility index (Phi) is 3.50. The zero-order valence-corrected chi connectivity index (χ0v) is 11.8. The van der Waals surface area contributed by atoms with Gasteiger partial charge >= 0.3 is 0 Å². The number of aryl methyl sites for hydroxylation is 2. The molecule has 3 rings (SSSR count). The predicted molar refractivity (Wildman–Crippen MR) is 76.5 cm³/mol. The van der Waals surface area contributed by atoms with E-state index >= 15 is 0 Å². The van der Waals surface area contributed by atoms with Gasteiger partial charge in [-0.2, -0.15) is 4.98 Å². The molecule has 2 aromatic heterocycles. The van der Waals surface area contributed by atoms with Crippen LogP contribution < -0.4 is 0 Å². The van der Waals surface area contributed by atoms with Gasteiger partial charge in [-0.15, -0.1) is 0 Å². The van der Waals surface area contributed by atoms with Crippen LogP contribution in [0.4, 0.5) is 0 Å². The summed E-state index contributed by atoms with van der Waals surface area (Å²) in [5.41, 5.74) is 2.15. The molecule has 0 aliphatic carbocycles. The van der Waals surface area contributed by atoms with E-state index in [0.29, 0.717) is 18.3 Å². The number of hydrogen-bond donors (Lipinski definition) is 0. The molecule has 3 aromatic rings. The summed E-state index contributed by atoms with van der Waals surface area (Å²) in [4.78, 5) is 9.09. The maximum atomic E-state index is 5.18. The lowest BCUT2D eigenvalue weighted by Crippen LogP contribution is -2.06. The molecule has 0 unspecified atom stereocenters. The lowest BCUT2D eigenvalue weighted by atomic mass is 10.3. The maximum Gasteiger partial charge on any atom is 0.226 e. The fraction of sp³-hybridized carbons (Fsp3) is 0.400. The fourth-order valence-electron chi connectivity index (χ4n) is 2.36. The molecule has 5 nitrogen and oxygen atoms in total. The minimum Gasteiger partial charge on any atom is -0.339 e. The summed E-state index contributed by atoms with van der Waals surface area (Å²) in [6.07, 6.45) is 2.78. The second-order valence-corrected chi connectivity index (χ2v) is 4.81. The van der Waals surface area contributed by atoms with Crippen LogP contribution in [0, 0.1) is 0 Å². The highest BCUT2D eigenvalue weighted by atomic mass is 16.5. The highest BCUT2D eigenvalue weighted by Gasteiger charge is 2.13. The summed E-state index contributed by atoms with van der Waals surface area (Å²) >= 11 is 0. The number of hydrogen-bond acceptors (Lipinski definition) is 4. The lowest BCUT2D eigenvalue weighted by Gasteiger charge is -2.05. The molecule has 0 spiro atoms. The highest BCUT2D eigenvalue weighted by Crippen LogP contribution is 2.18. The van der Waals surface area contributed by atoms with Crippen molar-refractivity contribution in [3.63, 3.8) is 0 Å². The average Bonchev–Trinajstić information content (AvgIpc) is 3.05. The van der Waals surface area contributed by atoms with Crippen LogP contribution in [0.25, 0.3) is 11.0 Å². The molecule has 0 amide bonds. The standard InChI is InChI=1S/C15H18N4O/c1-3-7-14-16-11-8-5-6-9-12(11)19(14)10-13-17-15(4-2)20-18-13/h5-6,8-9H,3-4,7,10H2,1-2H3. The summed E-state index contributed by atoms with van der Waals surface area (Å²) in [5.74, 6) is 2.47. The molecule has 0 aliphatic heterocycles. The van der Waals surface area contributed by atoms with Crippen molar-refractivity contribution < 1.29 is 4.52 Å². The average molecular weight is 270 g/mol. The Morgan fingerprint density at radius 1 is 1.15 bits per heavy atom. The zero-order valence-electron chi connectivity index (χ0n) is 11.8. The SMILES string of the molecule is CCCc1nc2ccccc2n1Cc1noc(CC)n1. The predicted octanol–water partition coefficient (Wildman–Crippen LogP) is 2.98. The van der Waals surface area contributed by atoms with Crippen LogP contribution in [-0.4, -0.2) is 19.7 Å². The summed E-state index contributed by atoms with van der Waals surface area (Å²) < 4.78 is 7.36. The first kappa shape index (κ1) is 12.8. The molecule has 0 saturated carbocycles. The van der Waals surface area contributed by atoms with Gasteiger partial charge in [0.1, 0.15) is 5.82 Å². The lowest BCUT2D eigenvalue weighted by molar-refractivity contribution is 0.375. The van der Waals surface area contributed by atoms with E-state index in [2.05, 4.69) is 27.7 Å². The largest absolute Gasteiger partial charge is 0.339 e. The quantitative estimate of drug-likeness (QED) is 0.715. The van der Waals surface area contributed by atoms with Gasteiger partial charge < -0.3 is 9.09 Å². The van der Waals surface area contributed by atoms with Gasteiger partial charge in [0, 0.05) is 12.8 Å². The third kappa shape index (κ3) is 2.31. The van der Waals surface area contributed by atoms with Crippen LogP contribution in [0.3, 0.4) is 0 Å². The molecule has 104 valence electrons. The van der Waals surface area contributed by atoms with E-state index in [1.54, 1.807) is 0 Å². The van der Waals surface area contributed by atoms with E-state index in [9.17, 15) is 0 Å². The first-order valence-corrected chi connectivity index (χ1v) is 7.07. The van der Waals surface area contributed by atoms with Crippen LogP contribution in [0.2, 0.25) is 0 Å². The number of para-hydroxylation sites is 2. The van der Waals surface area contributed by atoms with Gasteiger partial charge in [0.05, 0.1) is 17.6 Å². The van der Waals surface area contributed by atoms with Gasteiger partial charge in [0.2, 0.25) is 5.89 Å². The molecule has 5 heteroatoms. The monoisotopic (exact) mass is 270 g/mol. The van der Waals surface area contributed by atoms with E-state index in [1.165, 1.54) is 0 Å². The zero-order chi connectivity index (χ0) is 13.9. The van der Waals surface area contributed by atoms with Crippen LogP contribution in [0.15, 0.2) is 28.8 Å². The smallest absolute Gasteiger partial charge is 0.226 e. The molecule has 0 radical (unpaired) electrons. The number of benzene rings is 1. The molecule has 0 aliphatic rings. The molecular weight excluding hydrogens is 252 g/mol. The molecule has 2 heterocycles. The summed E-state index contributed by atoms with van der Waals surface area (Å²) in [7, 11) is 0. The normalized spacial score (nSPS) is 11.3. The Morgan fingerprint density at radius 2 is 2.00 bits per heavy atom. The number of rotatable bonds is 5. The van der Waals surface area contributed by atoms with Gasteiger partial charge in [0.15, 0.2) is 5.82 Å². The van der Waals surface area contributed by atoms with Crippen molar-refractivity contribution >= 4 is 11.0 Å². The van der Waals surface area contributed by atoms with E-state index in [1.807, 2.05) is 25.1 Å². The Balaban J connectivity index is 2.01. The second kappa shape index (κ2) is 5.45. The van der Waals surface area contributed by atoms with E-state index in [-0.39, 0.29) is 0 Å². The van der Waals surface area contributed by atoms with E-state index in [0.717, 1.165) is 36.1 Å². The first-order chi connectivity index (χ1) is 9.81. The Morgan fingerprint density at radius 3 is 2.75 bits per heavy atom. The van der Waals surface area contributed by atoms with E-state index in [4.69, 9.17) is 9.51 Å². The molecule has 20 heavy (non-hydrogen) atoms. The van der Waals surface area contributed by atoms with Crippen molar-refractivity contribution in [1.29, 1.82) is 0 Å². The van der Waals surface area contributed by atoms with Crippen molar-refractivity contribution in [1.82, 2.24) is 19.7 Å². The summed E-state index contributed by atoms with van der Waals surface area (Å²) in [5, 5.41) is 4.04. The highest BCUT2D eigenvalue weighted by molar-refractivity contribution is 5.76. The van der Waals surface area contributed by atoms with Gasteiger partial charge in [-0.1, -0.05) is 31.1 Å². The van der Waals surface area contributed by atoms with Crippen molar-refractivity contribution in [3.8, 4) is 0 Å². The molecule has 0 saturated heterocycles. The first-order valence-electron chi connectivity index (χ1n) is 7.07. The number of aromatic nitrogens is 4. The Hall–Kier alpha value is -2.17. The third-order valence-electron chi connectivity index (χ3n) is 3.32. The summed E-state index contributed by atoms with van der Waals surface area (Å²) in [6.45, 7) is 4.78. The van der Waals surface area contributed by atoms with Crippen molar-refractivity contribution in [2.45, 2.75) is 39.7 Å².